The fourth-order valence-corrected chi connectivity index (χ4v) is 3.32. The predicted octanol–water partition coefficient (Wildman–Crippen LogP) is 3.74. The van der Waals surface area contributed by atoms with Gasteiger partial charge in [-0.25, -0.2) is 0 Å². The van der Waals surface area contributed by atoms with Gasteiger partial charge in [-0.1, -0.05) is 18.0 Å². The van der Waals surface area contributed by atoms with Crippen molar-refractivity contribution in [1.29, 1.82) is 5.26 Å². The van der Waals surface area contributed by atoms with E-state index in [-0.39, 0.29) is 0 Å². The van der Waals surface area contributed by atoms with Crippen molar-refractivity contribution in [1.82, 2.24) is 14.8 Å². The molecule has 6 nitrogen and oxygen atoms in total. The molecule has 3 rings (SSSR count). The molecule has 0 fully saturated rings. The van der Waals surface area contributed by atoms with Crippen LogP contribution < -0.4 is 9.47 Å². The molecule has 0 spiro atoms. The molecule has 0 bridgehead atoms. The van der Waals surface area contributed by atoms with Crippen LogP contribution in [-0.4, -0.2) is 29.0 Å². The van der Waals surface area contributed by atoms with E-state index < -0.39 is 0 Å². The number of allylic oxidation sites excluding steroid dienone is 1. The minimum atomic E-state index is 0.422. The van der Waals surface area contributed by atoms with E-state index in [9.17, 15) is 5.26 Å². The van der Waals surface area contributed by atoms with Crippen LogP contribution in [0.25, 0.3) is 11.6 Å². The fraction of sp³-hybridized carbons (Fsp3) is 0.389. The molecule has 2 aromatic rings. The summed E-state index contributed by atoms with van der Waals surface area (Å²) in [7, 11) is 3.08. The molecule has 1 aromatic carbocycles. The van der Waals surface area contributed by atoms with Crippen LogP contribution >= 0.6 is 11.6 Å². The van der Waals surface area contributed by atoms with Crippen molar-refractivity contribution in [2.24, 2.45) is 0 Å². The van der Waals surface area contributed by atoms with Gasteiger partial charge in [0.15, 0.2) is 17.3 Å². The number of nitriles is 1. The number of methoxy groups -OCH3 is 2. The lowest BCUT2D eigenvalue weighted by molar-refractivity contribution is 0.355. The second-order valence-electron chi connectivity index (χ2n) is 5.81. The molecule has 0 unspecified atom stereocenters. The number of nitrogens with zero attached hydrogens (tertiary/aromatic N) is 4. The second-order valence-corrected chi connectivity index (χ2v) is 6.22. The molecule has 1 aliphatic rings. The summed E-state index contributed by atoms with van der Waals surface area (Å²) in [5.74, 6) is 2.53. The monoisotopic (exact) mass is 358 g/mol. The summed E-state index contributed by atoms with van der Waals surface area (Å²) in [4.78, 5) is 0. The standard InChI is InChI=1S/C18H19ClN4O2/c1-24-15-10-12(9-14(19)17(15)25-2)8-13(11-20)18-22-21-16-6-4-3-5-7-23(16)18/h8-10H,3-7H2,1-2H3/b13-8+. The molecule has 7 heteroatoms. The van der Waals surface area contributed by atoms with Gasteiger partial charge in [0.05, 0.1) is 24.8 Å². The second kappa shape index (κ2) is 7.58. The largest absolute Gasteiger partial charge is 0.493 e. The van der Waals surface area contributed by atoms with Gasteiger partial charge in [0, 0.05) is 13.0 Å². The zero-order valence-electron chi connectivity index (χ0n) is 14.3. The van der Waals surface area contributed by atoms with Gasteiger partial charge in [0.25, 0.3) is 0 Å². The number of aryl methyl sites for hydroxylation is 1. The quantitative estimate of drug-likeness (QED) is 0.778. The lowest BCUT2D eigenvalue weighted by Crippen LogP contribution is -2.05. The van der Waals surface area contributed by atoms with Crippen LogP contribution in [0, 0.1) is 11.3 Å². The Morgan fingerprint density at radius 3 is 2.80 bits per heavy atom. The lowest BCUT2D eigenvalue weighted by Gasteiger charge is -2.10. The van der Waals surface area contributed by atoms with E-state index in [1.807, 2.05) is 4.57 Å². The van der Waals surface area contributed by atoms with Crippen molar-refractivity contribution in [2.45, 2.75) is 32.2 Å². The number of rotatable bonds is 4. The Morgan fingerprint density at radius 1 is 1.24 bits per heavy atom. The predicted molar refractivity (Wildman–Crippen MR) is 95.6 cm³/mol. The van der Waals surface area contributed by atoms with Crippen molar-refractivity contribution in [2.75, 3.05) is 14.2 Å². The van der Waals surface area contributed by atoms with Crippen LogP contribution in [0.3, 0.4) is 0 Å². The zero-order chi connectivity index (χ0) is 17.8. The molecule has 0 saturated carbocycles. The van der Waals surface area contributed by atoms with Gasteiger partial charge < -0.3 is 14.0 Å². The first-order chi connectivity index (χ1) is 12.2. The Morgan fingerprint density at radius 2 is 2.08 bits per heavy atom. The Balaban J connectivity index is 2.04. The van der Waals surface area contributed by atoms with Crippen molar-refractivity contribution < 1.29 is 9.47 Å². The first-order valence-electron chi connectivity index (χ1n) is 8.13. The number of halogens is 1. The summed E-state index contributed by atoms with van der Waals surface area (Å²) in [6, 6.07) is 5.75. The Kier molecular flexibility index (Phi) is 5.25. The van der Waals surface area contributed by atoms with E-state index in [1.165, 1.54) is 13.5 Å². The van der Waals surface area contributed by atoms with E-state index >= 15 is 0 Å². The van der Waals surface area contributed by atoms with Crippen molar-refractivity contribution in [3.63, 3.8) is 0 Å². The van der Waals surface area contributed by atoms with Crippen molar-refractivity contribution >= 4 is 23.3 Å². The highest BCUT2D eigenvalue weighted by molar-refractivity contribution is 6.32. The van der Waals surface area contributed by atoms with Gasteiger partial charge in [0.1, 0.15) is 11.9 Å². The van der Waals surface area contributed by atoms with Crippen LogP contribution in [0.2, 0.25) is 5.02 Å². The van der Waals surface area contributed by atoms with E-state index in [4.69, 9.17) is 21.1 Å². The summed E-state index contributed by atoms with van der Waals surface area (Å²) in [5, 5.41) is 18.6. The van der Waals surface area contributed by atoms with E-state index in [0.717, 1.165) is 37.2 Å². The maximum atomic E-state index is 9.64. The molecule has 0 saturated heterocycles. The smallest absolute Gasteiger partial charge is 0.179 e. The third kappa shape index (κ3) is 3.47. The minimum absolute atomic E-state index is 0.422. The van der Waals surface area contributed by atoms with Gasteiger partial charge in [0.2, 0.25) is 0 Å². The van der Waals surface area contributed by atoms with Gasteiger partial charge in [-0.15, -0.1) is 10.2 Å². The number of benzene rings is 1. The molecule has 0 radical (unpaired) electrons. The van der Waals surface area contributed by atoms with Crippen LogP contribution in [0.15, 0.2) is 12.1 Å². The topological polar surface area (TPSA) is 73.0 Å². The fourth-order valence-electron chi connectivity index (χ4n) is 3.02. The maximum Gasteiger partial charge on any atom is 0.179 e. The summed E-state index contributed by atoms with van der Waals surface area (Å²) in [6.45, 7) is 0.837. The number of fused-ring (bicyclic) bond motifs is 1. The first kappa shape index (κ1) is 17.3. The minimum Gasteiger partial charge on any atom is -0.493 e. The number of hydrogen-bond acceptors (Lipinski definition) is 5. The summed E-state index contributed by atoms with van der Waals surface area (Å²) in [5.41, 5.74) is 1.19. The third-order valence-electron chi connectivity index (χ3n) is 4.24. The highest BCUT2D eigenvalue weighted by Crippen LogP contribution is 2.37. The van der Waals surface area contributed by atoms with Gasteiger partial charge in [-0.2, -0.15) is 5.26 Å². The number of ether oxygens (including phenoxy) is 2. The molecule has 0 atom stereocenters. The van der Waals surface area contributed by atoms with E-state index in [1.54, 1.807) is 25.3 Å². The summed E-state index contributed by atoms with van der Waals surface area (Å²) in [6.07, 6.45) is 5.98. The highest BCUT2D eigenvalue weighted by Gasteiger charge is 2.18. The van der Waals surface area contributed by atoms with E-state index in [2.05, 4.69) is 16.3 Å². The van der Waals surface area contributed by atoms with Crippen molar-refractivity contribution in [3.8, 4) is 17.6 Å². The maximum absolute atomic E-state index is 9.64. The van der Waals surface area contributed by atoms with Crippen LogP contribution in [0.4, 0.5) is 0 Å². The summed E-state index contributed by atoms with van der Waals surface area (Å²) >= 11 is 6.25. The van der Waals surface area contributed by atoms with Crippen LogP contribution in [0.1, 0.15) is 36.5 Å². The zero-order valence-corrected chi connectivity index (χ0v) is 15.0. The average molecular weight is 359 g/mol. The average Bonchev–Trinajstić information content (AvgIpc) is 2.87. The Hall–Kier alpha value is -2.52. The number of aromatic nitrogens is 3. The molecule has 1 aromatic heterocycles. The molecule has 0 amide bonds. The molecule has 2 heterocycles. The molecular weight excluding hydrogens is 340 g/mol. The Bertz CT molecular complexity index is 851. The Labute approximate surface area is 151 Å². The van der Waals surface area contributed by atoms with Crippen LogP contribution in [-0.2, 0) is 13.0 Å². The van der Waals surface area contributed by atoms with Crippen LogP contribution in [0.5, 0.6) is 11.5 Å². The van der Waals surface area contributed by atoms with Gasteiger partial charge in [-0.05, 0) is 36.6 Å². The molecule has 1 aliphatic heterocycles. The molecule has 130 valence electrons. The van der Waals surface area contributed by atoms with Gasteiger partial charge >= 0.3 is 0 Å². The SMILES string of the molecule is COc1cc(/C=C(\C#N)c2nnc3n2CCCCC3)cc(Cl)c1OC. The van der Waals surface area contributed by atoms with Gasteiger partial charge in [-0.3, -0.25) is 0 Å². The van der Waals surface area contributed by atoms with E-state index in [0.29, 0.717) is 27.9 Å². The molecule has 0 aliphatic carbocycles. The normalized spacial score (nSPS) is 14.4. The summed E-state index contributed by atoms with van der Waals surface area (Å²) < 4.78 is 12.6. The lowest BCUT2D eigenvalue weighted by atomic mass is 10.1. The number of hydrogen-bond donors (Lipinski definition) is 0. The highest BCUT2D eigenvalue weighted by atomic mass is 35.5. The molecule has 0 N–H and O–H groups in total. The molecule has 25 heavy (non-hydrogen) atoms. The first-order valence-corrected chi connectivity index (χ1v) is 8.51. The van der Waals surface area contributed by atoms with Crippen molar-refractivity contribution in [3.05, 3.63) is 34.4 Å². The third-order valence-corrected chi connectivity index (χ3v) is 4.52. The molecular formula is C18H19ClN4O2.